The summed E-state index contributed by atoms with van der Waals surface area (Å²) in [4.78, 5) is 5.24. The number of aliphatic hydroxyl groups is 1. The molecule has 0 bridgehead atoms. The van der Waals surface area contributed by atoms with Crippen molar-refractivity contribution >= 4 is 11.6 Å². The second-order valence-electron chi connectivity index (χ2n) is 13.3. The van der Waals surface area contributed by atoms with Crippen molar-refractivity contribution in [3.63, 3.8) is 0 Å². The highest BCUT2D eigenvalue weighted by atomic mass is 35.5. The Bertz CT molecular complexity index is 707. The van der Waals surface area contributed by atoms with E-state index in [-0.39, 0.29) is 12.3 Å². The SMILES string of the molecule is COC1CCC2NC3CC(Cl)CCC3C(NC3CC(CN4CCCC4)C(O)C(CN4CCCC4)C3)C2N1. The predicted octanol–water partition coefficient (Wildman–Crippen LogP) is 2.36. The maximum Gasteiger partial charge on any atom is 0.108 e. The number of methoxy groups -OCH3 is 1. The van der Waals surface area contributed by atoms with E-state index in [0.29, 0.717) is 53.3 Å². The highest BCUT2D eigenvalue weighted by molar-refractivity contribution is 6.20. The molecule has 4 N–H and O–H groups in total. The van der Waals surface area contributed by atoms with Crippen molar-refractivity contribution in [2.45, 2.75) is 119 Å². The van der Waals surface area contributed by atoms with Gasteiger partial charge in [-0.3, -0.25) is 5.32 Å². The number of piperidine rings is 2. The van der Waals surface area contributed by atoms with Crippen LogP contribution in [0.15, 0.2) is 0 Å². The van der Waals surface area contributed by atoms with E-state index in [9.17, 15) is 5.11 Å². The number of nitrogens with zero attached hydrogens (tertiary/aromatic N) is 2. The fraction of sp³-hybridized carbons (Fsp3) is 1.00. The summed E-state index contributed by atoms with van der Waals surface area (Å²) in [5.41, 5.74) is 0. The average molecular weight is 538 g/mol. The monoisotopic (exact) mass is 537 g/mol. The smallest absolute Gasteiger partial charge is 0.108 e. The standard InChI is InChI=1S/C29H52ClN5O2/c1-37-26-9-8-24-28(33-26)27(23-7-6-21(30)16-25(23)32-24)31-22-14-19(17-34-10-2-3-11-34)29(36)20(15-22)18-35-12-4-5-13-35/h19-29,31-33,36H,2-18H2,1H3. The molecule has 6 aliphatic rings. The van der Waals surface area contributed by atoms with Crippen LogP contribution in [0.1, 0.15) is 70.6 Å². The average Bonchev–Trinajstić information content (AvgIpc) is 3.61. The fourth-order valence-corrected chi connectivity index (χ4v) is 9.36. The highest BCUT2D eigenvalue weighted by Crippen LogP contribution is 2.39. The molecule has 6 rings (SSSR count). The van der Waals surface area contributed by atoms with Crippen molar-refractivity contribution in [1.29, 1.82) is 0 Å². The number of nitrogens with one attached hydrogen (secondary N) is 3. The quantitative estimate of drug-likeness (QED) is 0.372. The molecule has 8 heteroatoms. The first-order chi connectivity index (χ1) is 18.1. The van der Waals surface area contributed by atoms with E-state index in [0.717, 1.165) is 51.6 Å². The topological polar surface area (TPSA) is 72.0 Å². The molecule has 6 fully saturated rings. The third kappa shape index (κ3) is 6.19. The van der Waals surface area contributed by atoms with Crippen molar-refractivity contribution in [2.75, 3.05) is 46.4 Å². The molecule has 0 aromatic carbocycles. The van der Waals surface area contributed by atoms with E-state index in [4.69, 9.17) is 16.3 Å². The first-order valence-electron chi connectivity index (χ1n) is 15.6. The third-order valence-electron chi connectivity index (χ3n) is 10.9. The van der Waals surface area contributed by atoms with Crippen LogP contribution in [0.3, 0.4) is 0 Å². The Morgan fingerprint density at radius 2 is 1.49 bits per heavy atom. The number of rotatable bonds is 7. The summed E-state index contributed by atoms with van der Waals surface area (Å²) >= 11 is 6.68. The Morgan fingerprint density at radius 3 is 2.11 bits per heavy atom. The summed E-state index contributed by atoms with van der Waals surface area (Å²) in [6.07, 6.45) is 13.0. The highest BCUT2D eigenvalue weighted by Gasteiger charge is 2.50. The van der Waals surface area contributed by atoms with Crippen LogP contribution in [0.4, 0.5) is 0 Å². The van der Waals surface area contributed by atoms with Crippen molar-refractivity contribution in [3.05, 3.63) is 0 Å². The molecule has 4 saturated heterocycles. The van der Waals surface area contributed by atoms with Gasteiger partial charge in [-0.25, -0.2) is 0 Å². The van der Waals surface area contributed by atoms with Gasteiger partial charge in [-0.05, 0) is 115 Å². The van der Waals surface area contributed by atoms with Crippen molar-refractivity contribution < 1.29 is 9.84 Å². The van der Waals surface area contributed by atoms with Crippen LogP contribution < -0.4 is 16.0 Å². The van der Waals surface area contributed by atoms with Crippen LogP contribution >= 0.6 is 11.6 Å². The lowest BCUT2D eigenvalue weighted by Crippen LogP contribution is -2.74. The minimum absolute atomic E-state index is 0.146. The van der Waals surface area contributed by atoms with E-state index >= 15 is 0 Å². The normalized spacial score (nSPS) is 47.6. The van der Waals surface area contributed by atoms with Gasteiger partial charge >= 0.3 is 0 Å². The number of fused-ring (bicyclic) bond motifs is 2. The second-order valence-corrected chi connectivity index (χ2v) is 14.0. The summed E-state index contributed by atoms with van der Waals surface area (Å²) < 4.78 is 5.80. The third-order valence-corrected chi connectivity index (χ3v) is 11.3. The molecule has 0 amide bonds. The van der Waals surface area contributed by atoms with Gasteiger partial charge in [0, 0.05) is 55.8 Å². The molecule has 9 unspecified atom stereocenters. The Labute approximate surface area is 229 Å². The van der Waals surface area contributed by atoms with Crippen LogP contribution in [-0.2, 0) is 4.74 Å². The molecule has 4 heterocycles. The maximum atomic E-state index is 11.6. The van der Waals surface area contributed by atoms with Gasteiger partial charge in [-0.15, -0.1) is 11.6 Å². The van der Waals surface area contributed by atoms with Gasteiger partial charge in [0.15, 0.2) is 0 Å². The van der Waals surface area contributed by atoms with Crippen LogP contribution in [-0.4, -0.2) is 109 Å². The van der Waals surface area contributed by atoms with Crippen LogP contribution in [0.25, 0.3) is 0 Å². The van der Waals surface area contributed by atoms with Gasteiger partial charge in [0.25, 0.3) is 0 Å². The summed E-state index contributed by atoms with van der Waals surface area (Å²) in [6.45, 7) is 6.98. The number of ether oxygens (including phenoxy) is 1. The van der Waals surface area contributed by atoms with Crippen LogP contribution in [0, 0.1) is 17.8 Å². The molecule has 0 radical (unpaired) electrons. The fourth-order valence-electron chi connectivity index (χ4n) is 9.04. The zero-order valence-corrected chi connectivity index (χ0v) is 23.8. The van der Waals surface area contributed by atoms with Crippen molar-refractivity contribution in [1.82, 2.24) is 25.8 Å². The summed E-state index contributed by atoms with van der Waals surface area (Å²) in [6, 6.07) is 2.26. The number of halogens is 1. The molecule has 2 aliphatic carbocycles. The second kappa shape index (κ2) is 12.3. The number of likely N-dealkylation sites (tertiary alicyclic amines) is 2. The van der Waals surface area contributed by atoms with E-state index in [2.05, 4.69) is 25.8 Å². The lowest BCUT2D eigenvalue weighted by atomic mass is 9.69. The molecule has 37 heavy (non-hydrogen) atoms. The molecule has 0 aromatic rings. The van der Waals surface area contributed by atoms with Crippen LogP contribution in [0.5, 0.6) is 0 Å². The molecule has 0 aromatic heterocycles. The number of hydrogen-bond acceptors (Lipinski definition) is 7. The molecular weight excluding hydrogens is 486 g/mol. The van der Waals surface area contributed by atoms with Gasteiger partial charge in [0.05, 0.1) is 6.10 Å². The maximum absolute atomic E-state index is 11.6. The van der Waals surface area contributed by atoms with Crippen molar-refractivity contribution in [3.8, 4) is 0 Å². The van der Waals surface area contributed by atoms with E-state index in [1.165, 1.54) is 58.3 Å². The molecule has 4 aliphatic heterocycles. The van der Waals surface area contributed by atoms with E-state index in [1.54, 1.807) is 0 Å². The first kappa shape index (κ1) is 27.2. The molecule has 7 nitrogen and oxygen atoms in total. The zero-order chi connectivity index (χ0) is 25.4. The Morgan fingerprint density at radius 1 is 0.838 bits per heavy atom. The van der Waals surface area contributed by atoms with Gasteiger partial charge in [-0.1, -0.05) is 0 Å². The molecule has 0 spiro atoms. The number of hydrogen-bond donors (Lipinski definition) is 4. The Kier molecular flexibility index (Phi) is 9.01. The first-order valence-corrected chi connectivity index (χ1v) is 16.1. The molecular formula is C29H52ClN5O2. The van der Waals surface area contributed by atoms with Gasteiger partial charge in [0.1, 0.15) is 6.23 Å². The van der Waals surface area contributed by atoms with Gasteiger partial charge < -0.3 is 30.3 Å². The summed E-state index contributed by atoms with van der Waals surface area (Å²) in [7, 11) is 1.84. The Hall–Kier alpha value is 0.01000. The van der Waals surface area contributed by atoms with Gasteiger partial charge in [-0.2, -0.15) is 0 Å². The molecule has 212 valence electrons. The predicted molar refractivity (Wildman–Crippen MR) is 149 cm³/mol. The van der Waals surface area contributed by atoms with Crippen molar-refractivity contribution in [2.24, 2.45) is 17.8 Å². The summed E-state index contributed by atoms with van der Waals surface area (Å²) in [5, 5.41) is 24.1. The molecule has 2 saturated carbocycles. The van der Waals surface area contributed by atoms with Crippen LogP contribution in [0.2, 0.25) is 0 Å². The largest absolute Gasteiger partial charge is 0.392 e. The zero-order valence-electron chi connectivity index (χ0n) is 23.0. The minimum atomic E-state index is -0.176. The number of alkyl halides is 1. The minimum Gasteiger partial charge on any atom is -0.392 e. The lowest BCUT2D eigenvalue weighted by molar-refractivity contribution is -0.0356. The van der Waals surface area contributed by atoms with E-state index < -0.39 is 0 Å². The number of aliphatic hydroxyl groups excluding tert-OH is 1. The van der Waals surface area contributed by atoms with Gasteiger partial charge in [0.2, 0.25) is 0 Å². The molecule has 9 atom stereocenters. The summed E-state index contributed by atoms with van der Waals surface area (Å²) in [5.74, 6) is 1.34. The van der Waals surface area contributed by atoms with E-state index in [1.807, 2.05) is 7.11 Å². The lowest BCUT2D eigenvalue weighted by Gasteiger charge is -2.55. The Balaban J connectivity index is 1.20.